The average Bonchev–Trinajstić information content (AvgIpc) is 3.58. The predicted molar refractivity (Wildman–Crippen MR) is 131 cm³/mol. The number of aromatic nitrogens is 4. The van der Waals surface area contributed by atoms with Crippen molar-refractivity contribution in [3.05, 3.63) is 132 Å². The Balaban J connectivity index is 1.21. The van der Waals surface area contributed by atoms with Crippen molar-refractivity contribution in [1.82, 2.24) is 19.1 Å². The highest BCUT2D eigenvalue weighted by Gasteiger charge is 1.96. The van der Waals surface area contributed by atoms with Crippen molar-refractivity contribution in [2.24, 2.45) is 0 Å². The molecule has 0 aliphatic carbocycles. The second-order valence-corrected chi connectivity index (χ2v) is 7.46. The Morgan fingerprint density at radius 3 is 1.03 bits per heavy atom. The van der Waals surface area contributed by atoms with E-state index in [0.717, 1.165) is 22.5 Å². The quantitative estimate of drug-likeness (QED) is 0.301. The largest absolute Gasteiger partial charge is 0.306 e. The normalized spacial score (nSPS) is 11.5. The molecule has 0 bridgehead atoms. The van der Waals surface area contributed by atoms with E-state index >= 15 is 0 Å². The van der Waals surface area contributed by atoms with Gasteiger partial charge in [-0.05, 0) is 46.5 Å². The zero-order valence-electron chi connectivity index (χ0n) is 17.5. The highest BCUT2D eigenvalue weighted by molar-refractivity contribution is 5.73. The number of hydrogen-bond donors (Lipinski definition) is 0. The summed E-state index contributed by atoms with van der Waals surface area (Å²) in [4.78, 5) is 8.18. The maximum Gasteiger partial charge on any atom is 0.0991 e. The summed E-state index contributed by atoms with van der Waals surface area (Å²) in [5.74, 6) is 0. The molecule has 0 aliphatic rings. The van der Waals surface area contributed by atoms with Crippen molar-refractivity contribution >= 4 is 24.3 Å². The lowest BCUT2D eigenvalue weighted by Crippen LogP contribution is -1.88. The molecule has 5 rings (SSSR count). The summed E-state index contributed by atoms with van der Waals surface area (Å²) in [6.45, 7) is 0. The van der Waals surface area contributed by atoms with Gasteiger partial charge in [-0.15, -0.1) is 0 Å². The minimum atomic E-state index is 1.10. The van der Waals surface area contributed by atoms with Crippen LogP contribution in [0.25, 0.3) is 35.7 Å². The van der Waals surface area contributed by atoms with E-state index in [1.54, 1.807) is 25.0 Å². The van der Waals surface area contributed by atoms with E-state index in [9.17, 15) is 0 Å². The van der Waals surface area contributed by atoms with E-state index in [4.69, 9.17) is 0 Å². The number of imidazole rings is 2. The van der Waals surface area contributed by atoms with Gasteiger partial charge in [-0.1, -0.05) is 72.8 Å². The highest BCUT2D eigenvalue weighted by atomic mass is 15.0. The average molecular weight is 415 g/mol. The fourth-order valence-corrected chi connectivity index (χ4v) is 3.44. The maximum atomic E-state index is 4.09. The molecule has 0 aliphatic heterocycles. The van der Waals surface area contributed by atoms with E-state index in [0.29, 0.717) is 0 Å². The van der Waals surface area contributed by atoms with E-state index < -0.39 is 0 Å². The summed E-state index contributed by atoms with van der Waals surface area (Å²) in [6, 6.07) is 25.4. The van der Waals surface area contributed by atoms with E-state index in [-0.39, 0.29) is 0 Å². The van der Waals surface area contributed by atoms with Gasteiger partial charge in [0.05, 0.1) is 12.7 Å². The number of nitrogens with zero attached hydrogens (tertiary/aromatic N) is 4. The second-order valence-electron chi connectivity index (χ2n) is 7.46. The molecular formula is C28H22N4. The Kier molecular flexibility index (Phi) is 5.58. The van der Waals surface area contributed by atoms with Crippen molar-refractivity contribution < 1.29 is 0 Å². The first kappa shape index (κ1) is 19.5. The van der Waals surface area contributed by atoms with Gasteiger partial charge in [0.2, 0.25) is 0 Å². The zero-order valence-corrected chi connectivity index (χ0v) is 17.5. The molecule has 154 valence electrons. The molecule has 0 unspecified atom stereocenters. The van der Waals surface area contributed by atoms with Crippen LogP contribution in [0.3, 0.4) is 0 Å². The van der Waals surface area contributed by atoms with E-state index in [1.807, 2.05) is 21.5 Å². The van der Waals surface area contributed by atoms with Gasteiger partial charge in [-0.2, -0.15) is 0 Å². The molecule has 4 nitrogen and oxygen atoms in total. The molecule has 0 saturated carbocycles. The first-order valence-electron chi connectivity index (χ1n) is 10.5. The predicted octanol–water partition coefficient (Wildman–Crippen LogP) is 6.40. The third-order valence-electron chi connectivity index (χ3n) is 5.26. The Morgan fingerprint density at radius 2 is 0.750 bits per heavy atom. The van der Waals surface area contributed by atoms with Crippen molar-refractivity contribution in [2.45, 2.75) is 0 Å². The highest BCUT2D eigenvalue weighted by Crippen LogP contribution is 2.15. The van der Waals surface area contributed by atoms with Crippen LogP contribution in [0.15, 0.2) is 110 Å². The Morgan fingerprint density at radius 1 is 0.438 bits per heavy atom. The molecule has 0 N–H and O–H groups in total. The van der Waals surface area contributed by atoms with Gasteiger partial charge in [-0.3, -0.25) is 0 Å². The van der Waals surface area contributed by atoms with Gasteiger partial charge < -0.3 is 9.13 Å². The van der Waals surface area contributed by atoms with Crippen LogP contribution in [-0.2, 0) is 0 Å². The molecule has 0 atom stereocenters. The molecule has 0 fully saturated rings. The Hall–Kier alpha value is -4.44. The van der Waals surface area contributed by atoms with Crippen LogP contribution in [0.5, 0.6) is 0 Å². The van der Waals surface area contributed by atoms with Crippen LogP contribution >= 0.6 is 0 Å². The maximum absolute atomic E-state index is 4.09. The lowest BCUT2D eigenvalue weighted by Gasteiger charge is -2.02. The van der Waals surface area contributed by atoms with Crippen molar-refractivity contribution in [2.75, 3.05) is 0 Å². The van der Waals surface area contributed by atoms with Gasteiger partial charge in [0.15, 0.2) is 0 Å². The summed E-state index contributed by atoms with van der Waals surface area (Å²) < 4.78 is 3.99. The van der Waals surface area contributed by atoms with Gasteiger partial charge >= 0.3 is 0 Å². The number of benzene rings is 3. The van der Waals surface area contributed by atoms with Crippen LogP contribution < -0.4 is 0 Å². The van der Waals surface area contributed by atoms with Crippen LogP contribution in [0.2, 0.25) is 0 Å². The van der Waals surface area contributed by atoms with Gasteiger partial charge in [0.25, 0.3) is 0 Å². The molecule has 0 saturated heterocycles. The SMILES string of the molecule is C(=C/c1ccc(-n2ccnc2)cc1)/c1ccc(/C=C\c2ccc(-n3ccnc3)cc2)cc1. The first-order valence-corrected chi connectivity index (χ1v) is 10.5. The summed E-state index contributed by atoms with van der Waals surface area (Å²) in [5.41, 5.74) is 6.88. The number of rotatable bonds is 6. The summed E-state index contributed by atoms with van der Waals surface area (Å²) in [7, 11) is 0. The monoisotopic (exact) mass is 414 g/mol. The van der Waals surface area contributed by atoms with Gasteiger partial charge in [-0.25, -0.2) is 9.97 Å². The van der Waals surface area contributed by atoms with Crippen molar-refractivity contribution in [3.63, 3.8) is 0 Å². The molecule has 2 heterocycles. The summed E-state index contributed by atoms with van der Waals surface area (Å²) in [5, 5.41) is 0. The molecule has 3 aromatic carbocycles. The molecule has 5 aromatic rings. The first-order chi connectivity index (χ1) is 15.8. The fraction of sp³-hybridized carbons (Fsp3) is 0. The fourth-order valence-electron chi connectivity index (χ4n) is 3.44. The lowest BCUT2D eigenvalue weighted by atomic mass is 10.1. The van der Waals surface area contributed by atoms with E-state index in [1.165, 1.54) is 11.1 Å². The van der Waals surface area contributed by atoms with E-state index in [2.05, 4.69) is 107 Å². The molecule has 0 amide bonds. The molecule has 32 heavy (non-hydrogen) atoms. The van der Waals surface area contributed by atoms with Crippen LogP contribution in [0.1, 0.15) is 22.3 Å². The third-order valence-corrected chi connectivity index (χ3v) is 5.26. The molecule has 0 spiro atoms. The number of hydrogen-bond acceptors (Lipinski definition) is 2. The smallest absolute Gasteiger partial charge is 0.0991 e. The van der Waals surface area contributed by atoms with Gasteiger partial charge in [0.1, 0.15) is 0 Å². The topological polar surface area (TPSA) is 35.6 Å². The lowest BCUT2D eigenvalue weighted by molar-refractivity contribution is 1.06. The van der Waals surface area contributed by atoms with Crippen LogP contribution in [0.4, 0.5) is 0 Å². The molecule has 0 radical (unpaired) electrons. The molecule has 4 heteroatoms. The molecular weight excluding hydrogens is 392 g/mol. The third kappa shape index (κ3) is 4.65. The minimum Gasteiger partial charge on any atom is -0.306 e. The summed E-state index contributed by atoms with van der Waals surface area (Å²) >= 11 is 0. The van der Waals surface area contributed by atoms with Crippen molar-refractivity contribution in [3.8, 4) is 11.4 Å². The molecule has 2 aromatic heterocycles. The summed E-state index contributed by atoms with van der Waals surface area (Å²) in [6.07, 6.45) is 19.6. The zero-order chi connectivity index (χ0) is 21.6. The minimum absolute atomic E-state index is 1.10. The van der Waals surface area contributed by atoms with Crippen LogP contribution in [0, 0.1) is 0 Å². The second kappa shape index (κ2) is 9.14. The standard InChI is InChI=1S/C28H22N4/c1-2-24(6-8-26-11-15-28(16-12-26)32-20-18-30-22-32)4-3-23(1)5-7-25-9-13-27(14-10-25)31-19-17-29-21-31/h1-22H/b7-5-,8-6-. The Labute approximate surface area is 187 Å². The van der Waals surface area contributed by atoms with Gasteiger partial charge in [0, 0.05) is 36.2 Å². The van der Waals surface area contributed by atoms with Crippen molar-refractivity contribution in [1.29, 1.82) is 0 Å². The Bertz CT molecular complexity index is 1200. The van der Waals surface area contributed by atoms with Crippen LogP contribution in [-0.4, -0.2) is 19.1 Å².